The second kappa shape index (κ2) is 13.5. The van der Waals surface area contributed by atoms with Crippen molar-refractivity contribution in [2.75, 3.05) is 13.4 Å². The first-order chi connectivity index (χ1) is 15.6. The van der Waals surface area contributed by atoms with E-state index in [-0.39, 0.29) is 18.5 Å². The van der Waals surface area contributed by atoms with E-state index in [1.165, 1.54) is 51.4 Å². The highest BCUT2D eigenvalue weighted by atomic mass is 19.2. The van der Waals surface area contributed by atoms with Gasteiger partial charge in [0.1, 0.15) is 0 Å². The number of ether oxygens (including phenoxy) is 2. The fourth-order valence-electron chi connectivity index (χ4n) is 5.92. The van der Waals surface area contributed by atoms with Crippen LogP contribution in [0.15, 0.2) is 12.1 Å². The predicted octanol–water partition coefficient (Wildman–Crippen LogP) is 8.78. The smallest absolute Gasteiger partial charge is 0.201 e. The maximum atomic E-state index is 14.8. The molecule has 2 fully saturated rings. The first kappa shape index (κ1) is 25.5. The molecule has 0 heterocycles. The molecule has 0 amide bonds. The first-order valence-electron chi connectivity index (χ1n) is 13.3. The van der Waals surface area contributed by atoms with Gasteiger partial charge in [-0.2, -0.15) is 4.39 Å². The van der Waals surface area contributed by atoms with Crippen LogP contribution in [-0.4, -0.2) is 13.4 Å². The zero-order valence-corrected chi connectivity index (χ0v) is 20.4. The van der Waals surface area contributed by atoms with E-state index >= 15 is 0 Å². The molecule has 1 aromatic carbocycles. The summed E-state index contributed by atoms with van der Waals surface area (Å²) in [4.78, 5) is 0. The van der Waals surface area contributed by atoms with Gasteiger partial charge < -0.3 is 9.47 Å². The van der Waals surface area contributed by atoms with Crippen LogP contribution >= 0.6 is 0 Å². The van der Waals surface area contributed by atoms with Crippen LogP contribution in [0.1, 0.15) is 115 Å². The highest BCUT2D eigenvalue weighted by molar-refractivity contribution is 5.33. The average molecular weight is 451 g/mol. The van der Waals surface area contributed by atoms with Crippen LogP contribution in [0.3, 0.4) is 0 Å². The Morgan fingerprint density at radius 3 is 2.09 bits per heavy atom. The lowest BCUT2D eigenvalue weighted by Gasteiger charge is -2.38. The number of halogens is 2. The Morgan fingerprint density at radius 2 is 1.44 bits per heavy atom. The minimum absolute atomic E-state index is 0.0400. The molecule has 3 rings (SSSR count). The zero-order valence-electron chi connectivity index (χ0n) is 20.4. The Labute approximate surface area is 194 Å². The van der Waals surface area contributed by atoms with Crippen molar-refractivity contribution < 1.29 is 18.3 Å². The minimum atomic E-state index is -0.870. The van der Waals surface area contributed by atoms with Crippen molar-refractivity contribution in [2.24, 2.45) is 17.8 Å². The van der Waals surface area contributed by atoms with Crippen LogP contribution in [0, 0.1) is 29.4 Å². The summed E-state index contributed by atoms with van der Waals surface area (Å²) < 4.78 is 40.0. The Balaban J connectivity index is 1.44. The molecule has 0 bridgehead atoms. The van der Waals surface area contributed by atoms with Gasteiger partial charge in [0.15, 0.2) is 18.4 Å². The fraction of sp³-hybridized carbons (Fsp3) is 0.786. The second-order valence-electron chi connectivity index (χ2n) is 10.2. The third kappa shape index (κ3) is 7.17. The van der Waals surface area contributed by atoms with Gasteiger partial charge in [-0.1, -0.05) is 64.9 Å². The van der Waals surface area contributed by atoms with Gasteiger partial charge in [0.05, 0.1) is 6.61 Å². The molecular weight excluding hydrogens is 406 g/mol. The van der Waals surface area contributed by atoms with E-state index in [1.54, 1.807) is 12.1 Å². The Morgan fingerprint density at radius 1 is 0.781 bits per heavy atom. The Bertz CT molecular complexity index is 662. The molecule has 2 aliphatic carbocycles. The summed E-state index contributed by atoms with van der Waals surface area (Å²) in [7, 11) is 0. The molecule has 0 unspecified atom stereocenters. The van der Waals surface area contributed by atoms with E-state index in [2.05, 4.69) is 13.8 Å². The molecule has 0 aliphatic heterocycles. The Kier molecular flexibility index (Phi) is 10.8. The maximum Gasteiger partial charge on any atom is 0.201 e. The van der Waals surface area contributed by atoms with Gasteiger partial charge in [-0.05, 0) is 80.2 Å². The van der Waals surface area contributed by atoms with Gasteiger partial charge in [0.2, 0.25) is 5.82 Å². The average Bonchev–Trinajstić information content (AvgIpc) is 2.82. The quantitative estimate of drug-likeness (QED) is 0.234. The number of hydrogen-bond acceptors (Lipinski definition) is 2. The molecule has 182 valence electrons. The molecule has 2 nitrogen and oxygen atoms in total. The van der Waals surface area contributed by atoms with Crippen LogP contribution < -0.4 is 4.74 Å². The molecule has 4 heteroatoms. The molecule has 0 radical (unpaired) electrons. The lowest BCUT2D eigenvalue weighted by atomic mass is 9.68. The number of unbranched alkanes of at least 4 members (excludes halogenated alkanes) is 3. The van der Waals surface area contributed by atoms with Gasteiger partial charge in [-0.25, -0.2) is 4.39 Å². The molecule has 0 atom stereocenters. The van der Waals surface area contributed by atoms with Crippen LogP contribution in [0.4, 0.5) is 8.78 Å². The van der Waals surface area contributed by atoms with Crippen LogP contribution in [0.5, 0.6) is 5.75 Å². The number of rotatable bonds is 12. The van der Waals surface area contributed by atoms with Gasteiger partial charge in [-0.15, -0.1) is 0 Å². The Hall–Kier alpha value is -1.16. The van der Waals surface area contributed by atoms with Crippen molar-refractivity contribution in [1.29, 1.82) is 0 Å². The number of benzene rings is 1. The number of hydrogen-bond donors (Lipinski definition) is 0. The highest BCUT2D eigenvalue weighted by Crippen LogP contribution is 2.45. The van der Waals surface area contributed by atoms with E-state index in [0.29, 0.717) is 12.2 Å². The SMILES string of the molecule is CCCCCC1CCC(C2CCC(c3ccc(OCOCCCC)c(F)c3F)CC2)CC1. The van der Waals surface area contributed by atoms with Gasteiger partial charge >= 0.3 is 0 Å². The lowest BCUT2D eigenvalue weighted by Crippen LogP contribution is -2.25. The molecular formula is C28H44F2O2. The van der Waals surface area contributed by atoms with Crippen LogP contribution in [-0.2, 0) is 4.74 Å². The summed E-state index contributed by atoms with van der Waals surface area (Å²) >= 11 is 0. The van der Waals surface area contributed by atoms with Crippen LogP contribution in [0.2, 0.25) is 0 Å². The topological polar surface area (TPSA) is 18.5 Å². The van der Waals surface area contributed by atoms with Gasteiger partial charge in [0, 0.05) is 0 Å². The standard InChI is InChI=1S/C28H44F2O2/c1-3-5-7-8-21-9-11-22(12-10-21)23-13-15-24(16-14-23)25-17-18-26(28(30)27(25)29)32-20-31-19-6-4-2/h17-18,21-24H,3-16,19-20H2,1-2H3. The molecule has 0 saturated heterocycles. The molecule has 0 spiro atoms. The molecule has 2 saturated carbocycles. The first-order valence-corrected chi connectivity index (χ1v) is 13.3. The molecule has 0 N–H and O–H groups in total. The summed E-state index contributed by atoms with van der Waals surface area (Å²) in [6, 6.07) is 3.30. The summed E-state index contributed by atoms with van der Waals surface area (Å²) in [6.45, 7) is 4.88. The minimum Gasteiger partial charge on any atom is -0.464 e. The fourth-order valence-corrected chi connectivity index (χ4v) is 5.92. The van der Waals surface area contributed by atoms with E-state index in [9.17, 15) is 8.78 Å². The lowest BCUT2D eigenvalue weighted by molar-refractivity contribution is 0.0115. The summed E-state index contributed by atoms with van der Waals surface area (Å²) in [5, 5.41) is 0. The molecule has 2 aliphatic rings. The van der Waals surface area contributed by atoms with Crippen molar-refractivity contribution >= 4 is 0 Å². The van der Waals surface area contributed by atoms with E-state index in [4.69, 9.17) is 9.47 Å². The van der Waals surface area contributed by atoms with Crippen molar-refractivity contribution in [1.82, 2.24) is 0 Å². The van der Waals surface area contributed by atoms with E-state index in [1.807, 2.05) is 0 Å². The summed E-state index contributed by atoms with van der Waals surface area (Å²) in [6.07, 6.45) is 17.3. The van der Waals surface area contributed by atoms with E-state index < -0.39 is 11.6 Å². The maximum absolute atomic E-state index is 14.8. The zero-order chi connectivity index (χ0) is 22.8. The predicted molar refractivity (Wildman–Crippen MR) is 127 cm³/mol. The monoisotopic (exact) mass is 450 g/mol. The molecule has 0 aromatic heterocycles. The van der Waals surface area contributed by atoms with Crippen molar-refractivity contribution in [3.05, 3.63) is 29.3 Å². The van der Waals surface area contributed by atoms with Gasteiger partial charge in [-0.3, -0.25) is 0 Å². The molecule has 1 aromatic rings. The van der Waals surface area contributed by atoms with Gasteiger partial charge in [0.25, 0.3) is 0 Å². The second-order valence-corrected chi connectivity index (χ2v) is 10.2. The van der Waals surface area contributed by atoms with Crippen LogP contribution in [0.25, 0.3) is 0 Å². The van der Waals surface area contributed by atoms with Crippen molar-refractivity contribution in [2.45, 2.75) is 110 Å². The summed E-state index contributed by atoms with van der Waals surface area (Å²) in [5.74, 6) is 1.05. The highest BCUT2D eigenvalue weighted by Gasteiger charge is 2.32. The van der Waals surface area contributed by atoms with Crippen molar-refractivity contribution in [3.8, 4) is 5.75 Å². The third-order valence-electron chi connectivity index (χ3n) is 8.00. The normalized spacial score (nSPS) is 26.2. The van der Waals surface area contributed by atoms with E-state index in [0.717, 1.165) is 56.3 Å². The summed E-state index contributed by atoms with van der Waals surface area (Å²) in [5.41, 5.74) is 0.528. The third-order valence-corrected chi connectivity index (χ3v) is 8.00. The molecule has 32 heavy (non-hydrogen) atoms. The van der Waals surface area contributed by atoms with Crippen molar-refractivity contribution in [3.63, 3.8) is 0 Å². The largest absolute Gasteiger partial charge is 0.464 e.